The third-order valence-electron chi connectivity index (χ3n) is 6.42. The van der Waals surface area contributed by atoms with E-state index in [-0.39, 0.29) is 0 Å². The maximum atomic E-state index is 12.3. The number of sulfonamides is 1. The molecule has 10 heteroatoms. The van der Waals surface area contributed by atoms with Gasteiger partial charge >= 0.3 is 0 Å². The lowest BCUT2D eigenvalue weighted by Gasteiger charge is -2.34. The molecule has 0 saturated carbocycles. The van der Waals surface area contributed by atoms with Gasteiger partial charge in [-0.25, -0.2) is 13.4 Å². The van der Waals surface area contributed by atoms with Crippen LogP contribution in [0, 0.1) is 0 Å². The minimum absolute atomic E-state index is 0.492. The molecule has 2 aromatic carbocycles. The predicted octanol–water partition coefficient (Wildman–Crippen LogP) is 4.07. The van der Waals surface area contributed by atoms with Gasteiger partial charge < -0.3 is 19.7 Å². The second kappa shape index (κ2) is 9.79. The van der Waals surface area contributed by atoms with Crippen LogP contribution in [-0.4, -0.2) is 66.3 Å². The quantitative estimate of drug-likeness (QED) is 0.391. The molecule has 0 spiro atoms. The molecule has 3 heterocycles. The summed E-state index contributed by atoms with van der Waals surface area (Å²) in [6.07, 6.45) is 3.69. The third-order valence-corrected chi connectivity index (χ3v) is 8.19. The molecule has 2 aromatic heterocycles. The maximum Gasteiger partial charge on any atom is 0.235 e. The molecule has 1 aliphatic heterocycles. The Kier molecular flexibility index (Phi) is 6.55. The number of benzene rings is 2. The Morgan fingerprint density at radius 3 is 2.39 bits per heavy atom. The molecule has 9 nitrogen and oxygen atoms in total. The van der Waals surface area contributed by atoms with Gasteiger partial charge in [0.2, 0.25) is 16.0 Å². The summed E-state index contributed by atoms with van der Waals surface area (Å²) in [4.78, 5) is 14.0. The van der Waals surface area contributed by atoms with Crippen LogP contribution in [0.2, 0.25) is 0 Å². The molecule has 4 aromatic rings. The zero-order valence-electron chi connectivity index (χ0n) is 20.7. The van der Waals surface area contributed by atoms with E-state index in [1.807, 2.05) is 41.1 Å². The van der Waals surface area contributed by atoms with E-state index in [9.17, 15) is 8.42 Å². The number of hydrogen-bond acceptors (Lipinski definition) is 7. The van der Waals surface area contributed by atoms with Gasteiger partial charge in [0.1, 0.15) is 5.65 Å². The van der Waals surface area contributed by atoms with Crippen molar-refractivity contribution in [1.82, 2.24) is 19.4 Å². The minimum atomic E-state index is -3.43. The van der Waals surface area contributed by atoms with E-state index in [1.165, 1.54) is 5.69 Å². The number of likely N-dealkylation sites (N-methyl/N-ethyl adjacent to an activating group) is 1. The minimum Gasteiger partial charge on any atom is -0.369 e. The van der Waals surface area contributed by atoms with E-state index >= 15 is 0 Å². The topological polar surface area (TPSA) is 95.4 Å². The van der Waals surface area contributed by atoms with Crippen molar-refractivity contribution in [1.29, 1.82) is 0 Å². The zero-order chi connectivity index (χ0) is 25.3. The van der Waals surface area contributed by atoms with Crippen molar-refractivity contribution in [2.24, 2.45) is 0 Å². The standard InChI is InChI=1S/C26H31N7O2S/c1-19(2)36(34,35)30-22-5-4-6-24(17-22)33-12-11-20-18-27-26(29-25(20)33)28-21-7-9-23(10-8-21)32-15-13-31(3)14-16-32/h4-12,17-19,30H,13-16H2,1-3H3,(H,27,28,29). The van der Waals surface area contributed by atoms with Gasteiger partial charge in [-0.15, -0.1) is 0 Å². The molecule has 1 aliphatic rings. The summed E-state index contributed by atoms with van der Waals surface area (Å²) in [5, 5.41) is 3.67. The number of rotatable bonds is 7. The normalized spacial score (nSPS) is 14.9. The fourth-order valence-electron chi connectivity index (χ4n) is 4.14. The Hall–Kier alpha value is -3.63. The molecule has 36 heavy (non-hydrogen) atoms. The average Bonchev–Trinajstić information content (AvgIpc) is 3.28. The third kappa shape index (κ3) is 5.14. The first-order chi connectivity index (χ1) is 17.3. The van der Waals surface area contributed by atoms with Crippen molar-refractivity contribution in [3.63, 3.8) is 0 Å². The number of hydrogen-bond donors (Lipinski definition) is 2. The van der Waals surface area contributed by atoms with Crippen LogP contribution in [0.1, 0.15) is 13.8 Å². The molecule has 1 fully saturated rings. The van der Waals surface area contributed by atoms with Gasteiger partial charge in [-0.05, 0) is 69.4 Å². The van der Waals surface area contributed by atoms with Crippen LogP contribution < -0.4 is 14.9 Å². The lowest BCUT2D eigenvalue weighted by Crippen LogP contribution is -2.44. The van der Waals surface area contributed by atoms with Crippen molar-refractivity contribution in [3.05, 3.63) is 67.0 Å². The molecular formula is C26H31N7O2S. The van der Waals surface area contributed by atoms with Crippen molar-refractivity contribution < 1.29 is 8.42 Å². The summed E-state index contributed by atoms with van der Waals surface area (Å²) in [6.45, 7) is 7.49. The molecule has 0 atom stereocenters. The molecule has 1 saturated heterocycles. The summed E-state index contributed by atoms with van der Waals surface area (Å²) in [7, 11) is -1.28. The van der Waals surface area contributed by atoms with Gasteiger partial charge in [0, 0.05) is 61.0 Å². The Morgan fingerprint density at radius 1 is 0.917 bits per heavy atom. The SMILES string of the molecule is CC(C)S(=O)(=O)Nc1cccc(-n2ccc3cnc(Nc4ccc(N5CCN(C)CC5)cc4)nc32)c1. The van der Waals surface area contributed by atoms with Gasteiger partial charge in [-0.3, -0.25) is 4.72 Å². The number of fused-ring (bicyclic) bond motifs is 1. The second-order valence-electron chi connectivity index (χ2n) is 9.37. The first kappa shape index (κ1) is 24.1. The number of anilines is 4. The summed E-state index contributed by atoms with van der Waals surface area (Å²) in [5.41, 5.74) is 4.17. The summed E-state index contributed by atoms with van der Waals surface area (Å²) in [5.74, 6) is 0.492. The molecule has 2 N–H and O–H groups in total. The number of aromatic nitrogens is 3. The first-order valence-electron chi connectivity index (χ1n) is 12.1. The summed E-state index contributed by atoms with van der Waals surface area (Å²) < 4.78 is 29.2. The Bertz CT molecular complexity index is 1460. The second-order valence-corrected chi connectivity index (χ2v) is 11.6. The molecule has 5 rings (SSSR count). The summed E-state index contributed by atoms with van der Waals surface area (Å²) >= 11 is 0. The highest BCUT2D eigenvalue weighted by atomic mass is 32.2. The van der Waals surface area contributed by atoms with E-state index in [0.29, 0.717) is 11.6 Å². The van der Waals surface area contributed by atoms with E-state index in [0.717, 1.165) is 48.6 Å². The average molecular weight is 506 g/mol. The van der Waals surface area contributed by atoms with E-state index in [1.54, 1.807) is 32.2 Å². The molecule has 0 radical (unpaired) electrons. The Labute approximate surface area is 211 Å². The van der Waals surface area contributed by atoms with E-state index < -0.39 is 15.3 Å². The number of nitrogens with zero attached hydrogens (tertiary/aromatic N) is 5. The van der Waals surface area contributed by atoms with Crippen LogP contribution in [0.5, 0.6) is 0 Å². The number of nitrogens with one attached hydrogen (secondary N) is 2. The lowest BCUT2D eigenvalue weighted by molar-refractivity contribution is 0.313. The van der Waals surface area contributed by atoms with Gasteiger partial charge in [-0.2, -0.15) is 4.98 Å². The highest BCUT2D eigenvalue weighted by Crippen LogP contribution is 2.25. The fourth-order valence-corrected chi connectivity index (χ4v) is 4.83. The number of piperazine rings is 1. The van der Waals surface area contributed by atoms with E-state index in [4.69, 9.17) is 4.98 Å². The zero-order valence-corrected chi connectivity index (χ0v) is 21.5. The van der Waals surface area contributed by atoms with Gasteiger partial charge in [-0.1, -0.05) is 6.07 Å². The van der Waals surface area contributed by atoms with E-state index in [2.05, 4.69) is 44.0 Å². The van der Waals surface area contributed by atoms with Crippen LogP contribution in [0.15, 0.2) is 67.0 Å². The van der Waals surface area contributed by atoms with Crippen molar-refractivity contribution in [3.8, 4) is 5.69 Å². The van der Waals surface area contributed by atoms with Crippen LogP contribution in [0.3, 0.4) is 0 Å². The Morgan fingerprint density at radius 2 is 1.67 bits per heavy atom. The first-order valence-corrected chi connectivity index (χ1v) is 13.6. The highest BCUT2D eigenvalue weighted by molar-refractivity contribution is 7.93. The Balaban J connectivity index is 1.36. The van der Waals surface area contributed by atoms with Crippen molar-refractivity contribution in [2.45, 2.75) is 19.1 Å². The largest absolute Gasteiger partial charge is 0.369 e. The van der Waals surface area contributed by atoms with Crippen LogP contribution in [0.25, 0.3) is 16.7 Å². The van der Waals surface area contributed by atoms with Crippen LogP contribution in [-0.2, 0) is 10.0 Å². The molecular weight excluding hydrogens is 474 g/mol. The summed E-state index contributed by atoms with van der Waals surface area (Å²) in [6, 6.07) is 17.6. The van der Waals surface area contributed by atoms with Crippen LogP contribution >= 0.6 is 0 Å². The molecule has 0 aliphatic carbocycles. The van der Waals surface area contributed by atoms with Crippen molar-refractivity contribution >= 4 is 44.1 Å². The monoisotopic (exact) mass is 505 g/mol. The lowest BCUT2D eigenvalue weighted by atomic mass is 10.2. The van der Waals surface area contributed by atoms with Gasteiger partial charge in [0.15, 0.2) is 0 Å². The smallest absolute Gasteiger partial charge is 0.235 e. The van der Waals surface area contributed by atoms with Crippen molar-refractivity contribution in [2.75, 3.05) is 48.2 Å². The fraction of sp³-hybridized carbons (Fsp3) is 0.308. The highest BCUT2D eigenvalue weighted by Gasteiger charge is 2.17. The van der Waals surface area contributed by atoms with Gasteiger partial charge in [0.25, 0.3) is 0 Å². The predicted molar refractivity (Wildman–Crippen MR) is 146 cm³/mol. The molecule has 0 bridgehead atoms. The maximum absolute atomic E-state index is 12.3. The molecule has 0 amide bonds. The van der Waals surface area contributed by atoms with Gasteiger partial charge in [0.05, 0.1) is 10.9 Å². The molecule has 188 valence electrons. The molecule has 0 unspecified atom stereocenters. The van der Waals surface area contributed by atoms with Crippen LogP contribution in [0.4, 0.5) is 23.0 Å².